The van der Waals surface area contributed by atoms with Crippen molar-refractivity contribution in [3.63, 3.8) is 0 Å². The van der Waals surface area contributed by atoms with E-state index in [1.165, 1.54) is 0 Å². The Hall–Kier alpha value is 1.26. The summed E-state index contributed by atoms with van der Waals surface area (Å²) in [4.78, 5) is 0. The van der Waals surface area contributed by atoms with Gasteiger partial charge in [-0.3, -0.25) is 0 Å². The SMILES string of the molecule is CC.CC.CC.CC.CC.CC(C)(C)C.[Ar]. The third-order valence-corrected chi connectivity index (χ3v) is 0. The van der Waals surface area contributed by atoms with Crippen LogP contribution < -0.4 is 0 Å². The normalized spacial score (nSPS) is 5.62. The van der Waals surface area contributed by atoms with Crippen molar-refractivity contribution in [2.75, 3.05) is 0 Å². The van der Waals surface area contributed by atoms with E-state index in [4.69, 9.17) is 0 Å². The summed E-state index contributed by atoms with van der Waals surface area (Å²) in [6.45, 7) is 28.8. The molecule has 0 saturated heterocycles. The molecular weight excluding hydrogens is 220 g/mol. The van der Waals surface area contributed by atoms with Crippen LogP contribution in [0.2, 0.25) is 0 Å². The summed E-state index contributed by atoms with van der Waals surface area (Å²) >= 11 is 0. The molecule has 0 saturated carbocycles. The van der Waals surface area contributed by atoms with E-state index in [2.05, 4.69) is 27.7 Å². The second kappa shape index (κ2) is 71.8. The summed E-state index contributed by atoms with van der Waals surface area (Å²) < 4.78 is 0. The number of hydrogen-bond donors (Lipinski definition) is 0. The average Bonchev–Trinajstić information content (AvgIpc) is 2.29. The van der Waals surface area contributed by atoms with E-state index in [1.807, 2.05) is 69.2 Å². The van der Waals surface area contributed by atoms with Crippen molar-refractivity contribution in [1.82, 2.24) is 0 Å². The zero-order valence-electron chi connectivity index (χ0n) is 14.9. The van der Waals surface area contributed by atoms with E-state index < -0.39 is 0 Å². The van der Waals surface area contributed by atoms with Crippen LogP contribution in [0.5, 0.6) is 0 Å². The van der Waals surface area contributed by atoms with Crippen LogP contribution in [0.1, 0.15) is 96.9 Å². The predicted octanol–water partition coefficient (Wildman–Crippen LogP) is 7.18. The van der Waals surface area contributed by atoms with Crippen LogP contribution in [0.15, 0.2) is 0 Å². The molecule has 0 rings (SSSR count). The summed E-state index contributed by atoms with van der Waals surface area (Å²) in [5.74, 6) is 0. The summed E-state index contributed by atoms with van der Waals surface area (Å²) in [6.07, 6.45) is 0. The first-order valence-corrected chi connectivity index (χ1v) is 7.00. The number of rotatable bonds is 0. The first-order chi connectivity index (χ1) is 7.00. The predicted molar refractivity (Wildman–Crippen MR) is 81.9 cm³/mol. The van der Waals surface area contributed by atoms with Crippen LogP contribution in [0.4, 0.5) is 0 Å². The van der Waals surface area contributed by atoms with Crippen molar-refractivity contribution >= 4 is 0 Å². The van der Waals surface area contributed by atoms with E-state index in [9.17, 15) is 0 Å². The first kappa shape index (κ1) is 43.3. The van der Waals surface area contributed by atoms with Gasteiger partial charge in [-0.2, -0.15) is 0 Å². The zero-order valence-corrected chi connectivity index (χ0v) is 15.6. The molecule has 0 aromatic rings. The van der Waals surface area contributed by atoms with Crippen molar-refractivity contribution in [2.45, 2.75) is 96.9 Å². The van der Waals surface area contributed by atoms with Crippen LogP contribution >= 0.6 is 0 Å². The molecule has 0 N–H and O–H groups in total. The largest absolute Gasteiger partial charge is 0.0683 e. The fourth-order valence-electron chi connectivity index (χ4n) is 0. The monoisotopic (exact) mass is 262 g/mol. The van der Waals surface area contributed by atoms with Gasteiger partial charge in [0.15, 0.2) is 0 Å². The molecule has 1 heteroatoms. The molecule has 0 spiro atoms. The maximum atomic E-state index is 2.19. The topological polar surface area (TPSA) is 0 Å². The Morgan fingerprint density at radius 3 is 0.375 bits per heavy atom. The standard InChI is InChI=1S/C5H12.5C2H6.Ar/c1-5(2,3)4;5*1-2;/h1-4H3;5*1-2H3;. The van der Waals surface area contributed by atoms with E-state index >= 15 is 0 Å². The van der Waals surface area contributed by atoms with Gasteiger partial charge in [0, 0.05) is 37.7 Å². The Morgan fingerprint density at radius 1 is 0.375 bits per heavy atom. The Bertz CT molecular complexity index is 20.9. The number of hydrogen-bond acceptors (Lipinski definition) is 0. The van der Waals surface area contributed by atoms with E-state index in [-0.39, 0.29) is 37.7 Å². The Kier molecular flexibility index (Phi) is 195. The van der Waals surface area contributed by atoms with Crippen molar-refractivity contribution in [2.24, 2.45) is 5.41 Å². The molecule has 0 atom stereocenters. The quantitative estimate of drug-likeness (QED) is 0.433. The second-order valence-electron chi connectivity index (χ2n) is 3.00. The molecule has 0 fully saturated rings. The average molecular weight is 262 g/mol. The summed E-state index contributed by atoms with van der Waals surface area (Å²) in [7, 11) is 0. The van der Waals surface area contributed by atoms with Gasteiger partial charge in [-0.15, -0.1) is 0 Å². The molecular formula is C15H42Ar. The second-order valence-corrected chi connectivity index (χ2v) is 3.00. The molecule has 0 bridgehead atoms. The van der Waals surface area contributed by atoms with Crippen molar-refractivity contribution in [3.8, 4) is 0 Å². The van der Waals surface area contributed by atoms with Crippen LogP contribution in [-0.4, -0.2) is 0 Å². The van der Waals surface area contributed by atoms with Crippen LogP contribution in [0, 0.1) is 43.2 Å². The van der Waals surface area contributed by atoms with Gasteiger partial charge < -0.3 is 0 Å². The molecule has 0 radical (unpaired) electrons. The van der Waals surface area contributed by atoms with Gasteiger partial charge in [-0.1, -0.05) is 96.9 Å². The Balaban J connectivity index is -0.0000000130. The molecule has 0 nitrogen and oxygen atoms in total. The molecule has 0 unspecified atom stereocenters. The van der Waals surface area contributed by atoms with Gasteiger partial charge in [0.05, 0.1) is 0 Å². The van der Waals surface area contributed by atoms with Gasteiger partial charge >= 0.3 is 0 Å². The minimum Gasteiger partial charge on any atom is -0.0683 e. The third-order valence-electron chi connectivity index (χ3n) is 0. The van der Waals surface area contributed by atoms with Gasteiger partial charge in [0.1, 0.15) is 0 Å². The molecule has 0 aromatic heterocycles. The Labute approximate surface area is 139 Å². The fraction of sp³-hybridized carbons (Fsp3) is 1.00. The maximum absolute atomic E-state index is 2.19. The van der Waals surface area contributed by atoms with Crippen LogP contribution in [0.25, 0.3) is 0 Å². The third kappa shape index (κ3) is 1960. The van der Waals surface area contributed by atoms with Crippen molar-refractivity contribution in [1.29, 1.82) is 0 Å². The minimum absolute atomic E-state index is 0. The van der Waals surface area contributed by atoms with Crippen LogP contribution in [0.3, 0.4) is 0 Å². The molecule has 0 aromatic carbocycles. The zero-order chi connectivity index (χ0) is 14.5. The van der Waals surface area contributed by atoms with E-state index in [1.54, 1.807) is 0 Å². The van der Waals surface area contributed by atoms with Crippen LogP contribution in [-0.2, 0) is 0 Å². The van der Waals surface area contributed by atoms with Crippen molar-refractivity contribution in [3.05, 3.63) is 0 Å². The summed E-state index contributed by atoms with van der Waals surface area (Å²) in [6, 6.07) is 0. The molecule has 110 valence electrons. The summed E-state index contributed by atoms with van der Waals surface area (Å²) in [5.41, 5.74) is 0.500. The molecule has 16 heavy (non-hydrogen) atoms. The fourth-order valence-corrected chi connectivity index (χ4v) is 0. The first-order valence-electron chi connectivity index (χ1n) is 7.00. The Morgan fingerprint density at radius 2 is 0.375 bits per heavy atom. The van der Waals surface area contributed by atoms with Gasteiger partial charge in [-0.05, 0) is 5.41 Å². The van der Waals surface area contributed by atoms with Gasteiger partial charge in [0.2, 0.25) is 0 Å². The van der Waals surface area contributed by atoms with Crippen molar-refractivity contribution < 1.29 is 37.7 Å². The molecule has 0 heterocycles. The van der Waals surface area contributed by atoms with E-state index in [0.29, 0.717) is 5.41 Å². The molecule has 0 aliphatic heterocycles. The smallest absolute Gasteiger partial charge is 0 e. The van der Waals surface area contributed by atoms with Gasteiger partial charge in [-0.25, -0.2) is 0 Å². The maximum Gasteiger partial charge on any atom is 0 e. The minimum atomic E-state index is 0. The molecule has 0 aliphatic rings. The van der Waals surface area contributed by atoms with E-state index in [0.717, 1.165) is 0 Å². The summed E-state index contributed by atoms with van der Waals surface area (Å²) in [5, 5.41) is 0. The molecule has 0 amide bonds. The van der Waals surface area contributed by atoms with Gasteiger partial charge in [0.25, 0.3) is 0 Å². The molecule has 0 aliphatic carbocycles.